The summed E-state index contributed by atoms with van der Waals surface area (Å²) in [6.45, 7) is 9.59. The third kappa shape index (κ3) is 4.43. The lowest BCUT2D eigenvalue weighted by Crippen LogP contribution is -2.43. The van der Waals surface area contributed by atoms with Crippen LogP contribution < -0.4 is 5.32 Å². The van der Waals surface area contributed by atoms with Gasteiger partial charge in [0.25, 0.3) is 0 Å². The van der Waals surface area contributed by atoms with Gasteiger partial charge < -0.3 is 5.32 Å². The van der Waals surface area contributed by atoms with Crippen LogP contribution in [-0.4, -0.2) is 37.1 Å². The fraction of sp³-hybridized carbons (Fsp3) is 1.00. The molecule has 0 aromatic heterocycles. The molecule has 0 saturated carbocycles. The minimum atomic E-state index is 0.729. The lowest BCUT2D eigenvalue weighted by molar-refractivity contribution is 0.171. The molecule has 1 fully saturated rings. The highest BCUT2D eigenvalue weighted by Gasteiger charge is 2.15. The molecular formula is C12H26N2. The molecule has 0 amide bonds. The molecule has 1 unspecified atom stereocenters. The smallest absolute Gasteiger partial charge is 0.0192 e. The number of piperidine rings is 1. The Morgan fingerprint density at radius 3 is 2.57 bits per heavy atom. The van der Waals surface area contributed by atoms with Gasteiger partial charge in [-0.2, -0.15) is 0 Å². The Morgan fingerprint density at radius 1 is 1.21 bits per heavy atom. The summed E-state index contributed by atoms with van der Waals surface area (Å²) >= 11 is 0. The summed E-state index contributed by atoms with van der Waals surface area (Å²) in [4.78, 5) is 2.63. The Labute approximate surface area is 89.1 Å². The van der Waals surface area contributed by atoms with Crippen LogP contribution in [0.5, 0.6) is 0 Å². The SMILES string of the molecule is CCCCNCC(C)N1CCCCC1. The maximum atomic E-state index is 3.54. The quantitative estimate of drug-likeness (QED) is 0.659. The molecule has 1 saturated heterocycles. The Bertz CT molecular complexity index is 130. The first kappa shape index (κ1) is 12.0. The lowest BCUT2D eigenvalue weighted by atomic mass is 10.1. The molecule has 2 nitrogen and oxygen atoms in total. The van der Waals surface area contributed by atoms with E-state index in [0.717, 1.165) is 6.04 Å². The summed E-state index contributed by atoms with van der Waals surface area (Å²) in [7, 11) is 0. The predicted molar refractivity (Wildman–Crippen MR) is 62.7 cm³/mol. The van der Waals surface area contributed by atoms with Crippen molar-refractivity contribution in [2.75, 3.05) is 26.2 Å². The number of hydrogen-bond acceptors (Lipinski definition) is 2. The Hall–Kier alpha value is -0.0800. The third-order valence-corrected chi connectivity index (χ3v) is 3.16. The molecule has 1 atom stereocenters. The first-order valence-electron chi connectivity index (χ1n) is 6.29. The van der Waals surface area contributed by atoms with Crippen molar-refractivity contribution in [3.05, 3.63) is 0 Å². The summed E-state index contributed by atoms with van der Waals surface area (Å²) in [6.07, 6.45) is 6.85. The second kappa shape index (κ2) is 7.24. The zero-order valence-electron chi connectivity index (χ0n) is 9.89. The monoisotopic (exact) mass is 198 g/mol. The van der Waals surface area contributed by atoms with Crippen LogP contribution in [0.2, 0.25) is 0 Å². The van der Waals surface area contributed by atoms with Crippen molar-refractivity contribution in [2.24, 2.45) is 0 Å². The largest absolute Gasteiger partial charge is 0.315 e. The van der Waals surface area contributed by atoms with E-state index < -0.39 is 0 Å². The van der Waals surface area contributed by atoms with Gasteiger partial charge in [0, 0.05) is 12.6 Å². The molecule has 1 heterocycles. The van der Waals surface area contributed by atoms with Gasteiger partial charge in [-0.25, -0.2) is 0 Å². The number of hydrogen-bond donors (Lipinski definition) is 1. The van der Waals surface area contributed by atoms with Gasteiger partial charge in [-0.05, 0) is 45.8 Å². The van der Waals surface area contributed by atoms with Gasteiger partial charge >= 0.3 is 0 Å². The Balaban J connectivity index is 2.04. The average molecular weight is 198 g/mol. The minimum Gasteiger partial charge on any atom is -0.315 e. The maximum absolute atomic E-state index is 3.54. The zero-order chi connectivity index (χ0) is 10.2. The van der Waals surface area contributed by atoms with Crippen LogP contribution in [0.15, 0.2) is 0 Å². The molecule has 1 aliphatic rings. The summed E-state index contributed by atoms with van der Waals surface area (Å²) in [5.41, 5.74) is 0. The Kier molecular flexibility index (Phi) is 6.20. The van der Waals surface area contributed by atoms with E-state index in [9.17, 15) is 0 Å². The third-order valence-electron chi connectivity index (χ3n) is 3.16. The second-order valence-electron chi connectivity index (χ2n) is 4.50. The van der Waals surface area contributed by atoms with E-state index in [1.807, 2.05) is 0 Å². The van der Waals surface area contributed by atoms with Crippen molar-refractivity contribution in [1.82, 2.24) is 10.2 Å². The van der Waals surface area contributed by atoms with E-state index in [1.165, 1.54) is 58.3 Å². The van der Waals surface area contributed by atoms with E-state index in [0.29, 0.717) is 0 Å². The fourth-order valence-electron chi connectivity index (χ4n) is 2.10. The van der Waals surface area contributed by atoms with E-state index in [-0.39, 0.29) is 0 Å². The van der Waals surface area contributed by atoms with E-state index in [1.54, 1.807) is 0 Å². The van der Waals surface area contributed by atoms with Gasteiger partial charge in [0.15, 0.2) is 0 Å². The van der Waals surface area contributed by atoms with Crippen LogP contribution in [-0.2, 0) is 0 Å². The molecule has 0 bridgehead atoms. The van der Waals surface area contributed by atoms with Crippen molar-refractivity contribution in [2.45, 2.75) is 52.0 Å². The van der Waals surface area contributed by atoms with Crippen molar-refractivity contribution in [3.63, 3.8) is 0 Å². The molecule has 0 aromatic carbocycles. The number of nitrogens with one attached hydrogen (secondary N) is 1. The van der Waals surface area contributed by atoms with Gasteiger partial charge in [0.1, 0.15) is 0 Å². The van der Waals surface area contributed by atoms with Gasteiger partial charge in [-0.15, -0.1) is 0 Å². The molecule has 0 aromatic rings. The molecule has 0 radical (unpaired) electrons. The van der Waals surface area contributed by atoms with Crippen molar-refractivity contribution >= 4 is 0 Å². The predicted octanol–water partition coefficient (Wildman–Crippen LogP) is 2.25. The molecule has 14 heavy (non-hydrogen) atoms. The first-order chi connectivity index (χ1) is 6.84. The number of likely N-dealkylation sites (tertiary alicyclic amines) is 1. The molecule has 2 heteroatoms. The summed E-state index contributed by atoms with van der Waals surface area (Å²) in [5.74, 6) is 0. The summed E-state index contributed by atoms with van der Waals surface area (Å²) in [6, 6.07) is 0.729. The molecule has 0 spiro atoms. The summed E-state index contributed by atoms with van der Waals surface area (Å²) in [5, 5.41) is 3.54. The van der Waals surface area contributed by atoms with E-state index >= 15 is 0 Å². The van der Waals surface area contributed by atoms with Crippen molar-refractivity contribution in [3.8, 4) is 0 Å². The summed E-state index contributed by atoms with van der Waals surface area (Å²) < 4.78 is 0. The normalized spacial score (nSPS) is 21.0. The molecule has 0 aliphatic carbocycles. The van der Waals surface area contributed by atoms with E-state index in [4.69, 9.17) is 0 Å². The standard InChI is InChI=1S/C12H26N2/c1-3-4-8-13-11-12(2)14-9-6-5-7-10-14/h12-13H,3-11H2,1-2H3. The molecule has 1 N–H and O–H groups in total. The first-order valence-corrected chi connectivity index (χ1v) is 6.29. The van der Waals surface area contributed by atoms with Crippen molar-refractivity contribution < 1.29 is 0 Å². The number of nitrogens with zero attached hydrogens (tertiary/aromatic N) is 1. The van der Waals surface area contributed by atoms with Crippen LogP contribution in [0.3, 0.4) is 0 Å². The molecule has 1 rings (SSSR count). The van der Waals surface area contributed by atoms with Crippen LogP contribution in [0.1, 0.15) is 46.0 Å². The molecule has 1 aliphatic heterocycles. The second-order valence-corrected chi connectivity index (χ2v) is 4.50. The van der Waals surface area contributed by atoms with Crippen LogP contribution in [0.4, 0.5) is 0 Å². The highest BCUT2D eigenvalue weighted by Crippen LogP contribution is 2.11. The van der Waals surface area contributed by atoms with Crippen LogP contribution in [0, 0.1) is 0 Å². The number of unbranched alkanes of at least 4 members (excludes halogenated alkanes) is 1. The average Bonchev–Trinajstić information content (AvgIpc) is 2.25. The topological polar surface area (TPSA) is 15.3 Å². The molecular weight excluding hydrogens is 172 g/mol. The minimum absolute atomic E-state index is 0.729. The highest BCUT2D eigenvalue weighted by molar-refractivity contribution is 4.72. The molecule has 84 valence electrons. The van der Waals surface area contributed by atoms with Gasteiger partial charge in [-0.3, -0.25) is 4.90 Å². The van der Waals surface area contributed by atoms with Gasteiger partial charge in [-0.1, -0.05) is 19.8 Å². The van der Waals surface area contributed by atoms with Gasteiger partial charge in [0.05, 0.1) is 0 Å². The maximum Gasteiger partial charge on any atom is 0.0192 e. The van der Waals surface area contributed by atoms with Crippen LogP contribution in [0.25, 0.3) is 0 Å². The number of rotatable bonds is 6. The zero-order valence-corrected chi connectivity index (χ0v) is 9.89. The lowest BCUT2D eigenvalue weighted by Gasteiger charge is -2.32. The fourth-order valence-corrected chi connectivity index (χ4v) is 2.10. The van der Waals surface area contributed by atoms with Crippen molar-refractivity contribution in [1.29, 1.82) is 0 Å². The highest BCUT2D eigenvalue weighted by atomic mass is 15.2. The van der Waals surface area contributed by atoms with E-state index in [2.05, 4.69) is 24.1 Å². The van der Waals surface area contributed by atoms with Gasteiger partial charge in [0.2, 0.25) is 0 Å². The Morgan fingerprint density at radius 2 is 1.93 bits per heavy atom. The van der Waals surface area contributed by atoms with Crippen LogP contribution >= 0.6 is 0 Å².